The van der Waals surface area contributed by atoms with Crippen LogP contribution in [0, 0.1) is 13.8 Å². The molecule has 0 aromatic carbocycles. The number of nitrogens with zero attached hydrogens (tertiary/aromatic N) is 2. The SMILES string of the molecule is Cc1cc(C)n(C)c(=O)n1.Cl. The van der Waals surface area contributed by atoms with E-state index in [1.165, 1.54) is 4.57 Å². The molecule has 3 nitrogen and oxygen atoms in total. The van der Waals surface area contributed by atoms with Gasteiger partial charge in [0, 0.05) is 18.4 Å². The van der Waals surface area contributed by atoms with E-state index in [0.29, 0.717) is 0 Å². The average molecular weight is 175 g/mol. The van der Waals surface area contributed by atoms with Crippen molar-refractivity contribution in [2.24, 2.45) is 7.05 Å². The van der Waals surface area contributed by atoms with E-state index in [1.807, 2.05) is 19.9 Å². The summed E-state index contributed by atoms with van der Waals surface area (Å²) in [5, 5.41) is 0. The summed E-state index contributed by atoms with van der Waals surface area (Å²) < 4.78 is 1.52. The highest BCUT2D eigenvalue weighted by atomic mass is 35.5. The predicted octanol–water partition coefficient (Wildman–Crippen LogP) is 0.819. The van der Waals surface area contributed by atoms with E-state index in [9.17, 15) is 4.79 Å². The number of hydrogen-bond acceptors (Lipinski definition) is 2. The average Bonchev–Trinajstić information content (AvgIpc) is 1.82. The zero-order chi connectivity index (χ0) is 7.72. The molecule has 0 N–H and O–H groups in total. The van der Waals surface area contributed by atoms with Crippen LogP contribution in [-0.4, -0.2) is 9.55 Å². The van der Waals surface area contributed by atoms with Crippen LogP contribution in [0.3, 0.4) is 0 Å². The van der Waals surface area contributed by atoms with Crippen LogP contribution in [0.2, 0.25) is 0 Å². The van der Waals surface area contributed by atoms with Crippen LogP contribution in [0.15, 0.2) is 10.9 Å². The predicted molar refractivity (Wildman–Crippen MR) is 46.2 cm³/mol. The second-order valence-electron chi connectivity index (χ2n) is 2.38. The molecule has 0 aliphatic heterocycles. The summed E-state index contributed by atoms with van der Waals surface area (Å²) in [5.41, 5.74) is 1.54. The maximum atomic E-state index is 10.9. The van der Waals surface area contributed by atoms with Crippen molar-refractivity contribution in [2.75, 3.05) is 0 Å². The first-order valence-corrected chi connectivity index (χ1v) is 3.12. The van der Waals surface area contributed by atoms with Crippen molar-refractivity contribution in [3.63, 3.8) is 0 Å². The summed E-state index contributed by atoms with van der Waals surface area (Å²) in [6, 6.07) is 1.88. The summed E-state index contributed by atoms with van der Waals surface area (Å²) in [7, 11) is 1.71. The van der Waals surface area contributed by atoms with Gasteiger partial charge in [-0.15, -0.1) is 12.4 Å². The molecule has 1 aromatic rings. The summed E-state index contributed by atoms with van der Waals surface area (Å²) >= 11 is 0. The first-order chi connectivity index (χ1) is 4.61. The largest absolute Gasteiger partial charge is 0.347 e. The van der Waals surface area contributed by atoms with Gasteiger partial charge in [0.25, 0.3) is 0 Å². The van der Waals surface area contributed by atoms with E-state index < -0.39 is 0 Å². The quantitative estimate of drug-likeness (QED) is 0.584. The van der Waals surface area contributed by atoms with Crippen LogP contribution in [0.5, 0.6) is 0 Å². The molecule has 1 heterocycles. The van der Waals surface area contributed by atoms with Gasteiger partial charge in [0.05, 0.1) is 0 Å². The van der Waals surface area contributed by atoms with E-state index in [4.69, 9.17) is 0 Å². The Morgan fingerprint density at radius 3 is 2.45 bits per heavy atom. The van der Waals surface area contributed by atoms with Crippen molar-refractivity contribution in [1.82, 2.24) is 9.55 Å². The molecule has 0 amide bonds. The number of aromatic nitrogens is 2. The van der Waals surface area contributed by atoms with Crippen molar-refractivity contribution >= 4 is 12.4 Å². The minimum atomic E-state index is -0.183. The Hall–Kier alpha value is -0.830. The van der Waals surface area contributed by atoms with E-state index in [0.717, 1.165) is 11.4 Å². The fourth-order valence-corrected chi connectivity index (χ4v) is 0.808. The molecule has 0 radical (unpaired) electrons. The number of aryl methyl sites for hydroxylation is 2. The highest BCUT2D eigenvalue weighted by molar-refractivity contribution is 5.85. The molecule has 1 rings (SSSR count). The molecular formula is C7H11ClN2O. The standard InChI is InChI=1S/C7H10N2O.ClH/c1-5-4-6(2)9(3)7(10)8-5;/h4H,1-3H3;1H. The van der Waals surface area contributed by atoms with Crippen molar-refractivity contribution in [2.45, 2.75) is 13.8 Å². The third-order valence-electron chi connectivity index (χ3n) is 1.51. The normalized spacial score (nSPS) is 9.00. The Bertz CT molecular complexity index is 306. The van der Waals surface area contributed by atoms with E-state index >= 15 is 0 Å². The first-order valence-electron chi connectivity index (χ1n) is 3.12. The molecule has 0 unspecified atom stereocenters. The zero-order valence-corrected chi connectivity index (χ0v) is 7.60. The minimum absolute atomic E-state index is 0. The van der Waals surface area contributed by atoms with Gasteiger partial charge in [-0.1, -0.05) is 0 Å². The Labute approximate surface area is 71.5 Å². The van der Waals surface area contributed by atoms with Gasteiger partial charge in [-0.25, -0.2) is 4.79 Å². The fraction of sp³-hybridized carbons (Fsp3) is 0.429. The number of halogens is 1. The minimum Gasteiger partial charge on any atom is -0.300 e. The van der Waals surface area contributed by atoms with Crippen LogP contribution in [0.4, 0.5) is 0 Å². The summed E-state index contributed by atoms with van der Waals surface area (Å²) in [6.07, 6.45) is 0. The molecule has 0 aliphatic carbocycles. The van der Waals surface area contributed by atoms with Gasteiger partial charge >= 0.3 is 5.69 Å². The van der Waals surface area contributed by atoms with Crippen LogP contribution < -0.4 is 5.69 Å². The van der Waals surface area contributed by atoms with Crippen molar-refractivity contribution < 1.29 is 0 Å². The lowest BCUT2D eigenvalue weighted by molar-refractivity contribution is 0.765. The molecule has 62 valence electrons. The van der Waals surface area contributed by atoms with Crippen LogP contribution in [-0.2, 0) is 7.05 Å². The Balaban J connectivity index is 0.000001000. The molecular weight excluding hydrogens is 164 g/mol. The fourth-order valence-electron chi connectivity index (χ4n) is 0.808. The van der Waals surface area contributed by atoms with Crippen molar-refractivity contribution in [3.05, 3.63) is 27.9 Å². The molecule has 0 fully saturated rings. The number of rotatable bonds is 0. The number of hydrogen-bond donors (Lipinski definition) is 0. The monoisotopic (exact) mass is 174 g/mol. The molecule has 1 aromatic heterocycles. The molecule has 4 heteroatoms. The Morgan fingerprint density at radius 1 is 1.45 bits per heavy atom. The maximum Gasteiger partial charge on any atom is 0.347 e. The molecule has 0 saturated heterocycles. The second-order valence-corrected chi connectivity index (χ2v) is 2.38. The zero-order valence-electron chi connectivity index (χ0n) is 6.79. The topological polar surface area (TPSA) is 34.9 Å². The van der Waals surface area contributed by atoms with Crippen LogP contribution in [0.25, 0.3) is 0 Å². The van der Waals surface area contributed by atoms with Gasteiger partial charge in [0.1, 0.15) is 0 Å². The molecule has 0 atom stereocenters. The molecule has 0 aliphatic rings. The summed E-state index contributed by atoms with van der Waals surface area (Å²) in [5.74, 6) is 0. The molecule has 0 saturated carbocycles. The maximum absolute atomic E-state index is 10.9. The Morgan fingerprint density at radius 2 is 2.00 bits per heavy atom. The van der Waals surface area contributed by atoms with Gasteiger partial charge in [-0.3, -0.25) is 4.57 Å². The smallest absolute Gasteiger partial charge is 0.300 e. The van der Waals surface area contributed by atoms with Crippen molar-refractivity contribution in [3.8, 4) is 0 Å². The van der Waals surface area contributed by atoms with E-state index in [-0.39, 0.29) is 18.1 Å². The van der Waals surface area contributed by atoms with Gasteiger partial charge < -0.3 is 0 Å². The molecule has 0 bridgehead atoms. The lowest BCUT2D eigenvalue weighted by Crippen LogP contribution is -2.22. The van der Waals surface area contributed by atoms with Gasteiger partial charge in [-0.2, -0.15) is 4.98 Å². The third-order valence-corrected chi connectivity index (χ3v) is 1.51. The van der Waals surface area contributed by atoms with Crippen LogP contribution >= 0.6 is 12.4 Å². The lowest BCUT2D eigenvalue weighted by atomic mass is 10.3. The highest BCUT2D eigenvalue weighted by Crippen LogP contribution is 1.92. The highest BCUT2D eigenvalue weighted by Gasteiger charge is 1.95. The Kier molecular flexibility index (Phi) is 3.26. The second kappa shape index (κ2) is 3.53. The summed E-state index contributed by atoms with van der Waals surface area (Å²) in [4.78, 5) is 14.7. The van der Waals surface area contributed by atoms with Gasteiger partial charge in [0.2, 0.25) is 0 Å². The third kappa shape index (κ3) is 2.05. The van der Waals surface area contributed by atoms with Gasteiger partial charge in [-0.05, 0) is 19.9 Å². The van der Waals surface area contributed by atoms with Gasteiger partial charge in [0.15, 0.2) is 0 Å². The lowest BCUT2D eigenvalue weighted by Gasteiger charge is -2.00. The molecule has 11 heavy (non-hydrogen) atoms. The van der Waals surface area contributed by atoms with E-state index in [1.54, 1.807) is 7.05 Å². The summed E-state index contributed by atoms with van der Waals surface area (Å²) in [6.45, 7) is 3.70. The first kappa shape index (κ1) is 10.2. The van der Waals surface area contributed by atoms with Crippen LogP contribution in [0.1, 0.15) is 11.4 Å². The molecule has 0 spiro atoms. The van der Waals surface area contributed by atoms with E-state index in [2.05, 4.69) is 4.98 Å². The van der Waals surface area contributed by atoms with Crippen molar-refractivity contribution in [1.29, 1.82) is 0 Å².